The largest absolute Gasteiger partial charge is 0.362 e. The van der Waals surface area contributed by atoms with Crippen molar-refractivity contribution in [3.05, 3.63) is 47.1 Å². The zero-order valence-electron chi connectivity index (χ0n) is 12.2. The number of halogens is 1. The number of aromatic nitrogens is 3. The Kier molecular flexibility index (Phi) is 4.23. The first-order valence-electron chi connectivity index (χ1n) is 6.59. The summed E-state index contributed by atoms with van der Waals surface area (Å²) in [5, 5.41) is 3.76. The molecule has 1 atom stereocenters. The van der Waals surface area contributed by atoms with Crippen LogP contribution in [0, 0.1) is 0 Å². The average molecular weight is 291 g/mol. The summed E-state index contributed by atoms with van der Waals surface area (Å²) in [6.07, 6.45) is 1.78. The van der Waals surface area contributed by atoms with Gasteiger partial charge < -0.3 is 5.32 Å². The maximum Gasteiger partial charge on any atom is 0.137 e. The van der Waals surface area contributed by atoms with Gasteiger partial charge in [-0.2, -0.15) is 0 Å². The molecule has 0 fully saturated rings. The molecule has 0 aliphatic carbocycles. The van der Waals surface area contributed by atoms with Crippen LogP contribution in [0.25, 0.3) is 0 Å². The van der Waals surface area contributed by atoms with E-state index in [1.165, 1.54) is 0 Å². The van der Waals surface area contributed by atoms with Crippen LogP contribution in [-0.4, -0.2) is 15.0 Å². The molecular weight excluding hydrogens is 272 g/mol. The van der Waals surface area contributed by atoms with E-state index in [1.807, 2.05) is 25.1 Å². The van der Waals surface area contributed by atoms with E-state index in [0.717, 1.165) is 11.5 Å². The molecular formula is C15H19ClN4. The third-order valence-corrected chi connectivity index (χ3v) is 3.06. The lowest BCUT2D eigenvalue weighted by Gasteiger charge is -2.19. The predicted octanol–water partition coefficient (Wildman–Crippen LogP) is 4.00. The molecule has 2 rings (SSSR count). The number of hydrogen-bond donors (Lipinski definition) is 1. The maximum atomic E-state index is 6.08. The Hall–Kier alpha value is -1.68. The van der Waals surface area contributed by atoms with Crippen molar-refractivity contribution >= 4 is 17.4 Å². The van der Waals surface area contributed by atoms with Crippen LogP contribution in [0.2, 0.25) is 5.15 Å². The van der Waals surface area contributed by atoms with Gasteiger partial charge >= 0.3 is 0 Å². The molecule has 0 aliphatic rings. The molecule has 0 amide bonds. The van der Waals surface area contributed by atoms with Crippen molar-refractivity contribution in [2.45, 2.75) is 39.2 Å². The molecule has 2 aromatic rings. The second-order valence-electron chi connectivity index (χ2n) is 5.77. The highest BCUT2D eigenvalue weighted by Gasteiger charge is 2.19. The van der Waals surface area contributed by atoms with Gasteiger partial charge in [-0.05, 0) is 19.1 Å². The third kappa shape index (κ3) is 3.67. The van der Waals surface area contributed by atoms with E-state index in [-0.39, 0.29) is 11.5 Å². The van der Waals surface area contributed by atoms with E-state index in [4.69, 9.17) is 11.6 Å². The summed E-state index contributed by atoms with van der Waals surface area (Å²) in [6, 6.07) is 7.63. The summed E-state index contributed by atoms with van der Waals surface area (Å²) in [5.41, 5.74) is 0.815. The van der Waals surface area contributed by atoms with Gasteiger partial charge in [-0.25, -0.2) is 9.97 Å². The van der Waals surface area contributed by atoms with E-state index in [2.05, 4.69) is 41.0 Å². The molecule has 0 aromatic carbocycles. The van der Waals surface area contributed by atoms with Crippen molar-refractivity contribution in [1.29, 1.82) is 0 Å². The molecule has 5 heteroatoms. The van der Waals surface area contributed by atoms with Gasteiger partial charge in [-0.3, -0.25) is 4.98 Å². The summed E-state index contributed by atoms with van der Waals surface area (Å²) < 4.78 is 0. The molecule has 2 aromatic heterocycles. The molecule has 2 heterocycles. The van der Waals surface area contributed by atoms with E-state index in [1.54, 1.807) is 12.3 Å². The smallest absolute Gasteiger partial charge is 0.137 e. The van der Waals surface area contributed by atoms with Gasteiger partial charge in [0.15, 0.2) is 0 Å². The summed E-state index contributed by atoms with van der Waals surface area (Å²) in [5.74, 6) is 1.44. The normalized spacial score (nSPS) is 13.1. The Morgan fingerprint density at radius 1 is 1.20 bits per heavy atom. The predicted molar refractivity (Wildman–Crippen MR) is 82.0 cm³/mol. The van der Waals surface area contributed by atoms with Crippen LogP contribution in [0.5, 0.6) is 0 Å². The maximum absolute atomic E-state index is 6.08. The van der Waals surface area contributed by atoms with Crippen molar-refractivity contribution < 1.29 is 0 Å². The number of anilines is 1. The molecule has 0 spiro atoms. The van der Waals surface area contributed by atoms with Crippen molar-refractivity contribution in [1.82, 2.24) is 15.0 Å². The topological polar surface area (TPSA) is 50.7 Å². The minimum Gasteiger partial charge on any atom is -0.362 e. The van der Waals surface area contributed by atoms with Gasteiger partial charge in [-0.1, -0.05) is 38.4 Å². The number of nitrogens with zero attached hydrogens (tertiary/aromatic N) is 3. The second kappa shape index (κ2) is 5.75. The minimum atomic E-state index is -0.143. The summed E-state index contributed by atoms with van der Waals surface area (Å²) >= 11 is 6.08. The fraction of sp³-hybridized carbons (Fsp3) is 0.400. The van der Waals surface area contributed by atoms with Gasteiger partial charge in [0.05, 0.1) is 11.7 Å². The highest BCUT2D eigenvalue weighted by Crippen LogP contribution is 2.24. The standard InChI is InChI=1S/C15H19ClN4/c1-10(11-7-5-6-8-17-11)18-13-9-12(16)19-14(20-13)15(2,3)4/h5-10H,1-4H3,(H,18,19,20). The van der Waals surface area contributed by atoms with Gasteiger partial charge in [-0.15, -0.1) is 0 Å². The van der Waals surface area contributed by atoms with Crippen LogP contribution in [-0.2, 0) is 5.41 Å². The van der Waals surface area contributed by atoms with Gasteiger partial charge in [0.1, 0.15) is 16.8 Å². The second-order valence-corrected chi connectivity index (χ2v) is 6.16. The van der Waals surface area contributed by atoms with Crippen LogP contribution < -0.4 is 5.32 Å². The first-order valence-corrected chi connectivity index (χ1v) is 6.96. The highest BCUT2D eigenvalue weighted by molar-refractivity contribution is 6.29. The zero-order chi connectivity index (χ0) is 14.8. The Bertz CT molecular complexity index is 578. The molecule has 106 valence electrons. The molecule has 1 unspecified atom stereocenters. The summed E-state index contributed by atoms with van der Waals surface area (Å²) in [7, 11) is 0. The average Bonchev–Trinajstić information content (AvgIpc) is 2.38. The van der Waals surface area contributed by atoms with Crippen molar-refractivity contribution in [2.24, 2.45) is 0 Å². The number of nitrogens with one attached hydrogen (secondary N) is 1. The van der Waals surface area contributed by atoms with Crippen LogP contribution in [0.15, 0.2) is 30.5 Å². The number of rotatable bonds is 3. The van der Waals surface area contributed by atoms with Crippen LogP contribution in [0.1, 0.15) is 45.3 Å². The van der Waals surface area contributed by atoms with E-state index < -0.39 is 0 Å². The van der Waals surface area contributed by atoms with Crippen LogP contribution in [0.4, 0.5) is 5.82 Å². The van der Waals surface area contributed by atoms with Crippen molar-refractivity contribution in [2.75, 3.05) is 5.32 Å². The summed E-state index contributed by atoms with van der Waals surface area (Å²) in [6.45, 7) is 8.22. The van der Waals surface area contributed by atoms with Crippen LogP contribution in [0.3, 0.4) is 0 Å². The first kappa shape index (κ1) is 14.7. The SMILES string of the molecule is CC(Nc1cc(Cl)nc(C(C)(C)C)n1)c1ccccn1. The molecule has 0 saturated heterocycles. The minimum absolute atomic E-state index is 0.0509. The molecule has 1 N–H and O–H groups in total. The van der Waals surface area contributed by atoms with Gasteiger partial charge in [0.25, 0.3) is 0 Å². The van der Waals surface area contributed by atoms with Gasteiger partial charge in [0.2, 0.25) is 0 Å². The van der Waals surface area contributed by atoms with Crippen LogP contribution >= 0.6 is 11.6 Å². The van der Waals surface area contributed by atoms with E-state index >= 15 is 0 Å². The lowest BCUT2D eigenvalue weighted by Crippen LogP contribution is -2.18. The molecule has 4 nitrogen and oxygen atoms in total. The third-order valence-electron chi connectivity index (χ3n) is 2.86. The lowest BCUT2D eigenvalue weighted by atomic mass is 9.96. The Labute approximate surface area is 124 Å². The monoisotopic (exact) mass is 290 g/mol. The van der Waals surface area contributed by atoms with Crippen molar-refractivity contribution in [3.63, 3.8) is 0 Å². The van der Waals surface area contributed by atoms with E-state index in [0.29, 0.717) is 11.0 Å². The molecule has 0 saturated carbocycles. The fourth-order valence-electron chi connectivity index (χ4n) is 1.75. The van der Waals surface area contributed by atoms with Gasteiger partial charge in [0, 0.05) is 17.7 Å². The number of pyridine rings is 1. The molecule has 0 aliphatic heterocycles. The Balaban J connectivity index is 2.24. The molecule has 20 heavy (non-hydrogen) atoms. The van der Waals surface area contributed by atoms with E-state index in [9.17, 15) is 0 Å². The lowest BCUT2D eigenvalue weighted by molar-refractivity contribution is 0.545. The zero-order valence-corrected chi connectivity index (χ0v) is 12.9. The van der Waals surface area contributed by atoms with Crippen molar-refractivity contribution in [3.8, 4) is 0 Å². The Morgan fingerprint density at radius 3 is 2.55 bits per heavy atom. The summed E-state index contributed by atoms with van der Waals surface area (Å²) in [4.78, 5) is 13.1. The molecule has 0 bridgehead atoms. The number of hydrogen-bond acceptors (Lipinski definition) is 4. The fourth-order valence-corrected chi connectivity index (χ4v) is 1.94. The Morgan fingerprint density at radius 2 is 1.95 bits per heavy atom. The molecule has 0 radical (unpaired) electrons. The highest BCUT2D eigenvalue weighted by atomic mass is 35.5. The quantitative estimate of drug-likeness (QED) is 0.868. The first-order chi connectivity index (χ1) is 9.36.